The zero-order valence-corrected chi connectivity index (χ0v) is 13.8. The van der Waals surface area contributed by atoms with E-state index in [2.05, 4.69) is 64.0 Å². The van der Waals surface area contributed by atoms with Crippen LogP contribution in [0.3, 0.4) is 0 Å². The maximum absolute atomic E-state index is 10.6. The Morgan fingerprint density at radius 2 is 1.76 bits per heavy atom. The van der Waals surface area contributed by atoms with Crippen molar-refractivity contribution in [2.24, 2.45) is 0 Å². The molecule has 114 valence electrons. The summed E-state index contributed by atoms with van der Waals surface area (Å²) in [4.78, 5) is 0. The van der Waals surface area contributed by atoms with Crippen molar-refractivity contribution in [2.75, 3.05) is 0 Å². The van der Waals surface area contributed by atoms with Crippen LogP contribution in [0.15, 0.2) is 24.3 Å². The number of rotatable bonds is 4. The summed E-state index contributed by atoms with van der Waals surface area (Å²) in [7, 11) is 0. The van der Waals surface area contributed by atoms with E-state index < -0.39 is 0 Å². The van der Waals surface area contributed by atoms with Gasteiger partial charge in [0.25, 0.3) is 0 Å². The highest BCUT2D eigenvalue weighted by Crippen LogP contribution is 2.38. The van der Waals surface area contributed by atoms with Gasteiger partial charge in [0.1, 0.15) is 0 Å². The number of unbranched alkanes of at least 4 members (excludes halogenated alkanes) is 1. The highest BCUT2D eigenvalue weighted by atomic mass is 16.3. The molecule has 0 amide bonds. The van der Waals surface area contributed by atoms with Crippen LogP contribution in [-0.2, 0) is 12.0 Å². The standard InChI is InChI=1S/C18H26N2O/c1-6-7-12-20-17(21)15(16(19-20)18(3,4)5)14-10-8-13(2)9-11-14/h8-11,21H,6-7,12H2,1-5H3. The first-order valence-corrected chi connectivity index (χ1v) is 7.72. The van der Waals surface area contributed by atoms with Crippen LogP contribution in [0, 0.1) is 6.92 Å². The molecule has 0 aliphatic heterocycles. The van der Waals surface area contributed by atoms with Crippen LogP contribution in [0.5, 0.6) is 5.88 Å². The number of aromatic hydroxyl groups is 1. The molecular weight excluding hydrogens is 260 g/mol. The first kappa shape index (κ1) is 15.6. The van der Waals surface area contributed by atoms with Gasteiger partial charge in [0.05, 0.1) is 11.3 Å². The minimum atomic E-state index is -0.102. The molecule has 2 rings (SSSR count). The average Bonchev–Trinajstić information content (AvgIpc) is 2.75. The average molecular weight is 286 g/mol. The molecule has 0 spiro atoms. The molecule has 0 bridgehead atoms. The Morgan fingerprint density at radius 3 is 2.29 bits per heavy atom. The molecule has 0 radical (unpaired) electrons. The van der Waals surface area contributed by atoms with Crippen LogP contribution in [0.4, 0.5) is 0 Å². The molecule has 2 aromatic rings. The molecule has 3 nitrogen and oxygen atoms in total. The molecule has 0 aliphatic carbocycles. The molecule has 0 saturated carbocycles. The van der Waals surface area contributed by atoms with Gasteiger partial charge in [-0.3, -0.25) is 0 Å². The minimum Gasteiger partial charge on any atom is -0.493 e. The third kappa shape index (κ3) is 3.29. The molecule has 0 atom stereocenters. The predicted octanol–water partition coefficient (Wildman–Crippen LogP) is 4.66. The fraction of sp³-hybridized carbons (Fsp3) is 0.500. The molecule has 21 heavy (non-hydrogen) atoms. The van der Waals surface area contributed by atoms with Crippen molar-refractivity contribution in [3.05, 3.63) is 35.5 Å². The van der Waals surface area contributed by atoms with Crippen molar-refractivity contribution in [2.45, 2.75) is 59.4 Å². The van der Waals surface area contributed by atoms with E-state index in [1.807, 2.05) is 0 Å². The first-order valence-electron chi connectivity index (χ1n) is 7.72. The molecular formula is C18H26N2O. The summed E-state index contributed by atoms with van der Waals surface area (Å²) in [6, 6.07) is 8.27. The van der Waals surface area contributed by atoms with Crippen molar-refractivity contribution in [3.63, 3.8) is 0 Å². The lowest BCUT2D eigenvalue weighted by molar-refractivity contribution is 0.393. The molecule has 1 N–H and O–H groups in total. The summed E-state index contributed by atoms with van der Waals surface area (Å²) in [5.74, 6) is 0.289. The van der Waals surface area contributed by atoms with E-state index in [1.165, 1.54) is 5.56 Å². The SMILES string of the molecule is CCCCn1nc(C(C)(C)C)c(-c2ccc(C)cc2)c1O. The van der Waals surface area contributed by atoms with Gasteiger partial charge in [-0.05, 0) is 18.9 Å². The molecule has 0 fully saturated rings. The van der Waals surface area contributed by atoms with Crippen molar-refractivity contribution in [1.29, 1.82) is 0 Å². The second-order valence-electron chi connectivity index (χ2n) is 6.74. The highest BCUT2D eigenvalue weighted by molar-refractivity contribution is 5.72. The molecule has 3 heteroatoms. The van der Waals surface area contributed by atoms with E-state index in [9.17, 15) is 5.11 Å². The highest BCUT2D eigenvalue weighted by Gasteiger charge is 2.27. The smallest absolute Gasteiger partial charge is 0.217 e. The Morgan fingerprint density at radius 1 is 1.14 bits per heavy atom. The largest absolute Gasteiger partial charge is 0.493 e. The maximum Gasteiger partial charge on any atom is 0.217 e. The van der Waals surface area contributed by atoms with Gasteiger partial charge < -0.3 is 5.11 Å². The molecule has 0 aliphatic rings. The van der Waals surface area contributed by atoms with E-state index in [0.29, 0.717) is 0 Å². The van der Waals surface area contributed by atoms with Gasteiger partial charge in [0.2, 0.25) is 5.88 Å². The summed E-state index contributed by atoms with van der Waals surface area (Å²) in [6.07, 6.45) is 2.11. The molecule has 1 heterocycles. The third-order valence-corrected chi connectivity index (χ3v) is 3.70. The third-order valence-electron chi connectivity index (χ3n) is 3.70. The van der Waals surface area contributed by atoms with Gasteiger partial charge in [-0.25, -0.2) is 4.68 Å². The van der Waals surface area contributed by atoms with E-state index in [4.69, 9.17) is 0 Å². The number of aromatic nitrogens is 2. The summed E-state index contributed by atoms with van der Waals surface area (Å²) in [5.41, 5.74) is 3.98. The van der Waals surface area contributed by atoms with Crippen LogP contribution in [0.1, 0.15) is 51.8 Å². The van der Waals surface area contributed by atoms with Gasteiger partial charge in [0, 0.05) is 12.0 Å². The molecule has 0 unspecified atom stereocenters. The zero-order valence-electron chi connectivity index (χ0n) is 13.8. The molecule has 1 aromatic carbocycles. The molecule has 1 aromatic heterocycles. The second kappa shape index (κ2) is 5.92. The van der Waals surface area contributed by atoms with Crippen LogP contribution in [-0.4, -0.2) is 14.9 Å². The van der Waals surface area contributed by atoms with Crippen molar-refractivity contribution in [3.8, 4) is 17.0 Å². The summed E-state index contributed by atoms with van der Waals surface area (Å²) < 4.78 is 1.75. The Kier molecular flexibility index (Phi) is 4.40. The minimum absolute atomic E-state index is 0.102. The van der Waals surface area contributed by atoms with Gasteiger partial charge in [-0.2, -0.15) is 5.10 Å². The summed E-state index contributed by atoms with van der Waals surface area (Å²) in [6.45, 7) is 11.4. The zero-order chi connectivity index (χ0) is 15.6. The quantitative estimate of drug-likeness (QED) is 0.887. The lowest BCUT2D eigenvalue weighted by atomic mass is 9.87. The monoisotopic (exact) mass is 286 g/mol. The van der Waals surface area contributed by atoms with Gasteiger partial charge in [-0.15, -0.1) is 0 Å². The van der Waals surface area contributed by atoms with E-state index in [-0.39, 0.29) is 11.3 Å². The van der Waals surface area contributed by atoms with Gasteiger partial charge in [0.15, 0.2) is 0 Å². The Labute approximate surface area is 127 Å². The summed E-state index contributed by atoms with van der Waals surface area (Å²) in [5, 5.41) is 15.3. The fourth-order valence-electron chi connectivity index (χ4n) is 2.43. The van der Waals surface area contributed by atoms with Crippen molar-refractivity contribution < 1.29 is 5.11 Å². The van der Waals surface area contributed by atoms with Crippen molar-refractivity contribution in [1.82, 2.24) is 9.78 Å². The Balaban J connectivity index is 2.56. The van der Waals surface area contributed by atoms with Crippen LogP contribution < -0.4 is 0 Å². The number of nitrogens with zero attached hydrogens (tertiary/aromatic N) is 2. The lowest BCUT2D eigenvalue weighted by Crippen LogP contribution is -2.14. The van der Waals surface area contributed by atoms with E-state index in [0.717, 1.165) is 36.2 Å². The second-order valence-corrected chi connectivity index (χ2v) is 6.74. The number of benzene rings is 1. The number of hydrogen-bond donors (Lipinski definition) is 1. The Hall–Kier alpha value is -1.77. The van der Waals surface area contributed by atoms with E-state index >= 15 is 0 Å². The summed E-state index contributed by atoms with van der Waals surface area (Å²) >= 11 is 0. The molecule has 0 saturated heterocycles. The van der Waals surface area contributed by atoms with Crippen LogP contribution in [0.25, 0.3) is 11.1 Å². The Bertz CT molecular complexity index is 603. The first-order chi connectivity index (χ1) is 9.84. The van der Waals surface area contributed by atoms with Gasteiger partial charge >= 0.3 is 0 Å². The lowest BCUT2D eigenvalue weighted by Gasteiger charge is -2.17. The van der Waals surface area contributed by atoms with Gasteiger partial charge in [-0.1, -0.05) is 63.9 Å². The number of aryl methyl sites for hydroxylation is 2. The predicted molar refractivity (Wildman–Crippen MR) is 87.7 cm³/mol. The van der Waals surface area contributed by atoms with Crippen LogP contribution >= 0.6 is 0 Å². The normalized spacial score (nSPS) is 11.9. The fourth-order valence-corrected chi connectivity index (χ4v) is 2.43. The van der Waals surface area contributed by atoms with Crippen LogP contribution in [0.2, 0.25) is 0 Å². The van der Waals surface area contributed by atoms with E-state index in [1.54, 1.807) is 4.68 Å². The number of hydrogen-bond acceptors (Lipinski definition) is 2. The topological polar surface area (TPSA) is 38.0 Å². The van der Waals surface area contributed by atoms with Crippen molar-refractivity contribution >= 4 is 0 Å². The maximum atomic E-state index is 10.6.